The third-order valence-electron chi connectivity index (χ3n) is 2.71. The number of fused-ring (bicyclic) bond motifs is 1. The van der Waals surface area contributed by atoms with E-state index in [9.17, 15) is 4.79 Å². The Bertz CT molecular complexity index is 379. The summed E-state index contributed by atoms with van der Waals surface area (Å²) in [5.74, 6) is -0.101. The van der Waals surface area contributed by atoms with Crippen LogP contribution in [-0.2, 0) is 22.6 Å². The highest BCUT2D eigenvalue weighted by Gasteiger charge is 2.23. The van der Waals surface area contributed by atoms with Crippen molar-refractivity contribution in [1.29, 1.82) is 0 Å². The highest BCUT2D eigenvalue weighted by Crippen LogP contribution is 2.16. The van der Waals surface area contributed by atoms with Crippen LogP contribution < -0.4 is 10.8 Å². The monoisotopic (exact) mass is 220 g/mol. The first-order valence-corrected chi connectivity index (χ1v) is 5.53. The highest BCUT2D eigenvalue weighted by molar-refractivity contribution is 5.81. The molecule has 1 aliphatic heterocycles. The number of carbonyl (C=O) groups excluding carboxylic acids is 1. The average Bonchev–Trinajstić information content (AvgIpc) is 2.35. The van der Waals surface area contributed by atoms with Crippen LogP contribution in [0.25, 0.3) is 0 Å². The number of hydrogen-bond donors (Lipinski definition) is 2. The van der Waals surface area contributed by atoms with Gasteiger partial charge in [0.05, 0.1) is 12.6 Å². The molecule has 0 unspecified atom stereocenters. The van der Waals surface area contributed by atoms with Crippen molar-refractivity contribution in [2.24, 2.45) is 0 Å². The lowest BCUT2D eigenvalue weighted by atomic mass is 9.96. The smallest absolute Gasteiger partial charge is 0.261 e. The van der Waals surface area contributed by atoms with Crippen molar-refractivity contribution < 1.29 is 9.63 Å². The van der Waals surface area contributed by atoms with Crippen LogP contribution in [0.1, 0.15) is 18.1 Å². The first-order valence-electron chi connectivity index (χ1n) is 5.53. The molecule has 0 saturated carbocycles. The van der Waals surface area contributed by atoms with Gasteiger partial charge in [0.25, 0.3) is 5.91 Å². The molecule has 1 atom stereocenters. The third-order valence-corrected chi connectivity index (χ3v) is 2.71. The molecule has 0 saturated heterocycles. The van der Waals surface area contributed by atoms with Gasteiger partial charge in [0.1, 0.15) is 0 Å². The summed E-state index contributed by atoms with van der Waals surface area (Å²) in [6.07, 6.45) is 0.717. The van der Waals surface area contributed by atoms with E-state index in [1.54, 1.807) is 0 Å². The lowest BCUT2D eigenvalue weighted by Crippen LogP contribution is -2.47. The highest BCUT2D eigenvalue weighted by atomic mass is 16.6. The number of carbonyl (C=O) groups is 1. The van der Waals surface area contributed by atoms with Gasteiger partial charge in [-0.05, 0) is 24.5 Å². The summed E-state index contributed by atoms with van der Waals surface area (Å²) in [6.45, 7) is 3.05. The molecule has 0 fully saturated rings. The van der Waals surface area contributed by atoms with Gasteiger partial charge in [-0.15, -0.1) is 0 Å². The fourth-order valence-corrected chi connectivity index (χ4v) is 1.85. The zero-order valence-corrected chi connectivity index (χ0v) is 9.32. The largest absolute Gasteiger partial charge is 0.301 e. The molecule has 1 aromatic rings. The van der Waals surface area contributed by atoms with Crippen molar-refractivity contribution >= 4 is 5.91 Å². The Morgan fingerprint density at radius 3 is 3.00 bits per heavy atom. The number of benzene rings is 1. The van der Waals surface area contributed by atoms with Crippen LogP contribution in [0.2, 0.25) is 0 Å². The van der Waals surface area contributed by atoms with E-state index in [1.807, 2.05) is 19.1 Å². The molecule has 0 spiro atoms. The quantitative estimate of drug-likeness (QED) is 0.740. The van der Waals surface area contributed by atoms with Crippen LogP contribution in [0.5, 0.6) is 0 Å². The second-order valence-electron chi connectivity index (χ2n) is 3.81. The van der Waals surface area contributed by atoms with E-state index in [4.69, 9.17) is 4.84 Å². The molecule has 0 aromatic heterocycles. The van der Waals surface area contributed by atoms with E-state index in [0.29, 0.717) is 6.61 Å². The molecule has 86 valence electrons. The summed E-state index contributed by atoms with van der Waals surface area (Å²) in [7, 11) is 0. The Hall–Kier alpha value is -1.39. The first kappa shape index (κ1) is 11.1. The van der Waals surface area contributed by atoms with Crippen molar-refractivity contribution in [2.75, 3.05) is 6.61 Å². The topological polar surface area (TPSA) is 50.4 Å². The van der Waals surface area contributed by atoms with Gasteiger partial charge in [0.2, 0.25) is 0 Å². The van der Waals surface area contributed by atoms with E-state index in [0.717, 1.165) is 13.0 Å². The molecule has 1 aliphatic rings. The van der Waals surface area contributed by atoms with Crippen LogP contribution in [0.3, 0.4) is 0 Å². The molecule has 2 N–H and O–H groups in total. The van der Waals surface area contributed by atoms with Gasteiger partial charge in [0.15, 0.2) is 0 Å². The van der Waals surface area contributed by atoms with E-state index < -0.39 is 0 Å². The minimum absolute atomic E-state index is 0.101. The molecule has 0 radical (unpaired) electrons. The molecule has 1 heterocycles. The fourth-order valence-electron chi connectivity index (χ4n) is 1.85. The summed E-state index contributed by atoms with van der Waals surface area (Å²) in [4.78, 5) is 16.6. The number of amides is 1. The van der Waals surface area contributed by atoms with Gasteiger partial charge < -0.3 is 5.32 Å². The van der Waals surface area contributed by atoms with E-state index in [-0.39, 0.29) is 11.9 Å². The lowest BCUT2D eigenvalue weighted by molar-refractivity contribution is -0.135. The summed E-state index contributed by atoms with van der Waals surface area (Å²) in [6, 6.07) is 7.97. The number of hydrogen-bond acceptors (Lipinski definition) is 3. The number of hydroxylamine groups is 1. The van der Waals surface area contributed by atoms with Gasteiger partial charge in [-0.2, -0.15) is 0 Å². The maximum atomic E-state index is 11.7. The molecule has 0 aliphatic carbocycles. The predicted octanol–water partition coefficient (Wildman–Crippen LogP) is 0.769. The van der Waals surface area contributed by atoms with Crippen molar-refractivity contribution in [3.8, 4) is 0 Å². The van der Waals surface area contributed by atoms with Crippen LogP contribution in [0.4, 0.5) is 0 Å². The van der Waals surface area contributed by atoms with Gasteiger partial charge in [-0.25, -0.2) is 5.48 Å². The van der Waals surface area contributed by atoms with Crippen molar-refractivity contribution in [3.63, 3.8) is 0 Å². The molecule has 0 bridgehead atoms. The fraction of sp³-hybridized carbons (Fsp3) is 0.417. The molecule has 4 nitrogen and oxygen atoms in total. The second-order valence-corrected chi connectivity index (χ2v) is 3.81. The Morgan fingerprint density at radius 1 is 1.50 bits per heavy atom. The molecule has 16 heavy (non-hydrogen) atoms. The molecular weight excluding hydrogens is 204 g/mol. The normalized spacial score (nSPS) is 18.9. The summed E-state index contributed by atoms with van der Waals surface area (Å²) >= 11 is 0. The Morgan fingerprint density at radius 2 is 2.25 bits per heavy atom. The Balaban J connectivity index is 1.99. The van der Waals surface area contributed by atoms with Crippen molar-refractivity contribution in [3.05, 3.63) is 35.4 Å². The minimum atomic E-state index is -0.193. The van der Waals surface area contributed by atoms with Crippen molar-refractivity contribution in [2.45, 2.75) is 25.9 Å². The maximum absolute atomic E-state index is 11.7. The zero-order chi connectivity index (χ0) is 11.4. The van der Waals surface area contributed by atoms with Crippen molar-refractivity contribution in [1.82, 2.24) is 10.8 Å². The van der Waals surface area contributed by atoms with Gasteiger partial charge in [0, 0.05) is 6.54 Å². The maximum Gasteiger partial charge on any atom is 0.261 e. The summed E-state index contributed by atoms with van der Waals surface area (Å²) in [5, 5.41) is 3.19. The van der Waals surface area contributed by atoms with Crippen LogP contribution in [-0.4, -0.2) is 18.6 Å². The predicted molar refractivity (Wildman–Crippen MR) is 60.5 cm³/mol. The van der Waals surface area contributed by atoms with E-state index >= 15 is 0 Å². The Kier molecular flexibility index (Phi) is 3.54. The van der Waals surface area contributed by atoms with E-state index in [2.05, 4.69) is 22.9 Å². The second kappa shape index (κ2) is 5.09. The first-order chi connectivity index (χ1) is 7.81. The number of nitrogens with one attached hydrogen (secondary N) is 2. The SMILES string of the molecule is CCONC(=O)[C@H]1Cc2ccccc2CN1. The van der Waals surface area contributed by atoms with Crippen LogP contribution in [0, 0.1) is 0 Å². The molecule has 1 aromatic carbocycles. The summed E-state index contributed by atoms with van der Waals surface area (Å²) in [5.41, 5.74) is 4.93. The molecular formula is C12H16N2O2. The Labute approximate surface area is 94.9 Å². The standard InChI is InChI=1S/C12H16N2O2/c1-2-16-14-12(15)11-7-9-5-3-4-6-10(9)8-13-11/h3-6,11,13H,2,7-8H2,1H3,(H,14,15)/t11-/m1/s1. The van der Waals surface area contributed by atoms with Crippen LogP contribution >= 0.6 is 0 Å². The van der Waals surface area contributed by atoms with Gasteiger partial charge in [-0.1, -0.05) is 24.3 Å². The van der Waals surface area contributed by atoms with Gasteiger partial charge >= 0.3 is 0 Å². The average molecular weight is 220 g/mol. The molecule has 4 heteroatoms. The molecule has 1 amide bonds. The number of rotatable bonds is 3. The van der Waals surface area contributed by atoms with Gasteiger partial charge in [-0.3, -0.25) is 9.63 Å². The zero-order valence-electron chi connectivity index (χ0n) is 9.32. The lowest BCUT2D eigenvalue weighted by Gasteiger charge is -2.24. The van der Waals surface area contributed by atoms with E-state index in [1.165, 1.54) is 11.1 Å². The minimum Gasteiger partial charge on any atom is -0.301 e. The van der Waals surface area contributed by atoms with Crippen LogP contribution in [0.15, 0.2) is 24.3 Å². The third kappa shape index (κ3) is 2.40. The molecule has 2 rings (SSSR count). The summed E-state index contributed by atoms with van der Waals surface area (Å²) < 4.78 is 0.